The highest BCUT2D eigenvalue weighted by molar-refractivity contribution is 7.91. The number of nitrogens with one attached hydrogen (secondary N) is 2. The van der Waals surface area contributed by atoms with Crippen LogP contribution in [0.25, 0.3) is 22.4 Å². The lowest BCUT2D eigenvalue weighted by atomic mass is 10.0. The van der Waals surface area contributed by atoms with Gasteiger partial charge in [-0.3, -0.25) is 4.79 Å². The van der Waals surface area contributed by atoms with Crippen molar-refractivity contribution < 1.29 is 13.2 Å². The molecule has 2 N–H and O–H groups in total. The van der Waals surface area contributed by atoms with Crippen molar-refractivity contribution in [2.75, 3.05) is 16.8 Å². The number of H-pyrrole nitrogens is 1. The number of sulfone groups is 1. The van der Waals surface area contributed by atoms with Crippen LogP contribution in [0, 0.1) is 5.92 Å². The lowest BCUT2D eigenvalue weighted by molar-refractivity contribution is -0.116. The number of fused-ring (bicyclic) bond motifs is 1. The second kappa shape index (κ2) is 6.57. The zero-order valence-electron chi connectivity index (χ0n) is 14.1. The number of imidazole rings is 1. The number of carbonyl (C=O) groups is 1. The molecule has 2 aromatic carbocycles. The van der Waals surface area contributed by atoms with Gasteiger partial charge < -0.3 is 10.3 Å². The van der Waals surface area contributed by atoms with Gasteiger partial charge in [0.15, 0.2) is 9.84 Å². The number of aromatic amines is 1. The highest BCUT2D eigenvalue weighted by Gasteiger charge is 2.29. The number of hydrogen-bond donors (Lipinski definition) is 2. The topological polar surface area (TPSA) is 91.9 Å². The Hall–Kier alpha value is -2.67. The van der Waals surface area contributed by atoms with Crippen LogP contribution in [0.2, 0.25) is 0 Å². The lowest BCUT2D eigenvalue weighted by Gasteiger charge is -2.09. The van der Waals surface area contributed by atoms with E-state index in [4.69, 9.17) is 0 Å². The van der Waals surface area contributed by atoms with Gasteiger partial charge in [0.1, 0.15) is 5.82 Å². The maximum atomic E-state index is 12.2. The highest BCUT2D eigenvalue weighted by Crippen LogP contribution is 2.25. The lowest BCUT2D eigenvalue weighted by Crippen LogP contribution is -2.17. The molecule has 0 saturated carbocycles. The molecular weight excluding hydrogens is 350 g/mol. The van der Waals surface area contributed by atoms with Crippen LogP contribution in [-0.4, -0.2) is 35.8 Å². The molecule has 26 heavy (non-hydrogen) atoms. The molecule has 1 aliphatic rings. The molecule has 1 saturated heterocycles. The first-order chi connectivity index (χ1) is 12.5. The molecule has 0 radical (unpaired) electrons. The standard InChI is InChI=1S/C19H19N3O3S/c23-18(10-13-8-9-26(24,25)12-13)20-15-5-3-4-14(11-15)19-21-16-6-1-2-7-17(16)22-19/h1-7,11,13H,8-10,12H2,(H,20,23)(H,21,22). The van der Waals surface area contributed by atoms with Crippen LogP contribution < -0.4 is 5.32 Å². The number of amides is 1. The van der Waals surface area contributed by atoms with Crippen molar-refractivity contribution in [2.45, 2.75) is 12.8 Å². The molecule has 1 amide bonds. The van der Waals surface area contributed by atoms with Gasteiger partial charge in [0.25, 0.3) is 0 Å². The minimum Gasteiger partial charge on any atom is -0.338 e. The second-order valence-electron chi connectivity index (χ2n) is 6.70. The van der Waals surface area contributed by atoms with Gasteiger partial charge in [-0.25, -0.2) is 13.4 Å². The molecule has 0 aliphatic carbocycles. The van der Waals surface area contributed by atoms with E-state index in [2.05, 4.69) is 15.3 Å². The molecule has 1 aromatic heterocycles. The Kier molecular flexibility index (Phi) is 4.24. The third-order valence-corrected chi connectivity index (χ3v) is 6.45. The zero-order chi connectivity index (χ0) is 18.1. The molecule has 0 spiro atoms. The highest BCUT2D eigenvalue weighted by atomic mass is 32.2. The molecule has 4 rings (SSSR count). The molecule has 2 heterocycles. The fraction of sp³-hybridized carbons (Fsp3) is 0.263. The number of nitrogens with zero attached hydrogens (tertiary/aromatic N) is 1. The van der Waals surface area contributed by atoms with Crippen LogP contribution in [0.1, 0.15) is 12.8 Å². The van der Waals surface area contributed by atoms with Crippen molar-refractivity contribution >= 4 is 32.5 Å². The quantitative estimate of drug-likeness (QED) is 0.739. The Morgan fingerprint density at radius 2 is 2.04 bits per heavy atom. The van der Waals surface area contributed by atoms with E-state index in [1.807, 2.05) is 48.5 Å². The van der Waals surface area contributed by atoms with Gasteiger partial charge in [0.05, 0.1) is 22.5 Å². The number of hydrogen-bond acceptors (Lipinski definition) is 4. The van der Waals surface area contributed by atoms with Crippen molar-refractivity contribution in [2.24, 2.45) is 5.92 Å². The van der Waals surface area contributed by atoms with E-state index in [0.717, 1.165) is 22.4 Å². The van der Waals surface area contributed by atoms with Crippen molar-refractivity contribution in [3.63, 3.8) is 0 Å². The Balaban J connectivity index is 1.48. The summed E-state index contributed by atoms with van der Waals surface area (Å²) in [4.78, 5) is 20.1. The Morgan fingerprint density at radius 1 is 1.19 bits per heavy atom. The van der Waals surface area contributed by atoms with Crippen LogP contribution in [-0.2, 0) is 14.6 Å². The van der Waals surface area contributed by atoms with Crippen LogP contribution in [0.15, 0.2) is 48.5 Å². The summed E-state index contributed by atoms with van der Waals surface area (Å²) in [5.41, 5.74) is 3.40. The number of aromatic nitrogens is 2. The minimum atomic E-state index is -2.96. The molecule has 1 fully saturated rings. The summed E-state index contributed by atoms with van der Waals surface area (Å²) in [5.74, 6) is 0.794. The summed E-state index contributed by atoms with van der Waals surface area (Å²) in [6.07, 6.45) is 0.795. The zero-order valence-corrected chi connectivity index (χ0v) is 14.9. The maximum absolute atomic E-state index is 12.2. The maximum Gasteiger partial charge on any atom is 0.224 e. The van der Waals surface area contributed by atoms with Crippen LogP contribution in [0.3, 0.4) is 0 Å². The predicted octanol–water partition coefficient (Wildman–Crippen LogP) is 2.99. The van der Waals surface area contributed by atoms with Crippen molar-refractivity contribution in [3.8, 4) is 11.4 Å². The SMILES string of the molecule is O=C(CC1CCS(=O)(=O)C1)Nc1cccc(-c2nc3ccccc3[nH]2)c1. The van der Waals surface area contributed by atoms with Crippen LogP contribution in [0.4, 0.5) is 5.69 Å². The van der Waals surface area contributed by atoms with E-state index in [1.165, 1.54) is 0 Å². The largest absolute Gasteiger partial charge is 0.338 e. The van der Waals surface area contributed by atoms with Gasteiger partial charge in [0.2, 0.25) is 5.91 Å². The van der Waals surface area contributed by atoms with E-state index >= 15 is 0 Å². The number of para-hydroxylation sites is 2. The monoisotopic (exact) mass is 369 g/mol. The molecule has 3 aromatic rings. The molecule has 134 valence electrons. The molecular formula is C19H19N3O3S. The number of benzene rings is 2. The van der Waals surface area contributed by atoms with Crippen molar-refractivity contribution in [1.29, 1.82) is 0 Å². The number of carbonyl (C=O) groups excluding carboxylic acids is 1. The van der Waals surface area contributed by atoms with E-state index in [1.54, 1.807) is 0 Å². The van der Waals surface area contributed by atoms with Gasteiger partial charge in [0, 0.05) is 17.7 Å². The fourth-order valence-corrected chi connectivity index (χ4v) is 5.20. The van der Waals surface area contributed by atoms with Crippen molar-refractivity contribution in [3.05, 3.63) is 48.5 Å². The second-order valence-corrected chi connectivity index (χ2v) is 8.93. The molecule has 6 nitrogen and oxygen atoms in total. The van der Waals surface area contributed by atoms with E-state index < -0.39 is 9.84 Å². The van der Waals surface area contributed by atoms with E-state index in [0.29, 0.717) is 12.1 Å². The average Bonchev–Trinajstić information content (AvgIpc) is 3.18. The van der Waals surface area contributed by atoms with Gasteiger partial charge in [-0.2, -0.15) is 0 Å². The summed E-state index contributed by atoms with van der Waals surface area (Å²) >= 11 is 0. The number of rotatable bonds is 4. The third-order valence-electron chi connectivity index (χ3n) is 4.61. The van der Waals surface area contributed by atoms with Crippen LogP contribution >= 0.6 is 0 Å². The molecule has 1 aliphatic heterocycles. The molecule has 7 heteroatoms. The first-order valence-corrected chi connectivity index (χ1v) is 10.4. The summed E-state index contributed by atoms with van der Waals surface area (Å²) in [6.45, 7) is 0. The summed E-state index contributed by atoms with van der Waals surface area (Å²) in [5, 5.41) is 2.86. The Bertz CT molecular complexity index is 1040. The van der Waals surface area contributed by atoms with Gasteiger partial charge in [-0.1, -0.05) is 24.3 Å². The van der Waals surface area contributed by atoms with Crippen molar-refractivity contribution in [1.82, 2.24) is 9.97 Å². The normalized spacial score (nSPS) is 18.8. The summed E-state index contributed by atoms with van der Waals surface area (Å²) in [6, 6.07) is 15.3. The number of anilines is 1. The summed E-state index contributed by atoms with van der Waals surface area (Å²) < 4.78 is 23.0. The summed E-state index contributed by atoms with van der Waals surface area (Å²) in [7, 11) is -2.96. The Labute approximate surface area is 151 Å². The minimum absolute atomic E-state index is 0.0847. The molecule has 1 unspecified atom stereocenters. The van der Waals surface area contributed by atoms with Crippen LogP contribution in [0.5, 0.6) is 0 Å². The van der Waals surface area contributed by atoms with E-state index in [-0.39, 0.29) is 29.8 Å². The van der Waals surface area contributed by atoms with Gasteiger partial charge in [-0.15, -0.1) is 0 Å². The van der Waals surface area contributed by atoms with E-state index in [9.17, 15) is 13.2 Å². The smallest absolute Gasteiger partial charge is 0.224 e. The fourth-order valence-electron chi connectivity index (χ4n) is 3.34. The third kappa shape index (κ3) is 3.62. The first kappa shape index (κ1) is 16.8. The Morgan fingerprint density at radius 3 is 2.81 bits per heavy atom. The molecule has 0 bridgehead atoms. The van der Waals surface area contributed by atoms with Gasteiger partial charge in [-0.05, 0) is 36.6 Å². The first-order valence-electron chi connectivity index (χ1n) is 8.54. The molecule has 1 atom stereocenters. The van der Waals surface area contributed by atoms with Gasteiger partial charge >= 0.3 is 0 Å². The average molecular weight is 369 g/mol. The predicted molar refractivity (Wildman–Crippen MR) is 102 cm³/mol.